The number of aryl methyl sites for hydroxylation is 2. The molecule has 6 nitrogen and oxygen atoms in total. The molecule has 0 radical (unpaired) electrons. The maximum atomic E-state index is 12.1. The summed E-state index contributed by atoms with van der Waals surface area (Å²) in [5, 5.41) is 17.2. The van der Waals surface area contributed by atoms with Crippen LogP contribution in [0.15, 0.2) is 0 Å². The van der Waals surface area contributed by atoms with Crippen LogP contribution in [0.4, 0.5) is 4.79 Å². The molecule has 1 aromatic heterocycles. The fourth-order valence-corrected chi connectivity index (χ4v) is 2.98. The van der Waals surface area contributed by atoms with Crippen LogP contribution in [0.3, 0.4) is 0 Å². The van der Waals surface area contributed by atoms with Gasteiger partial charge in [-0.05, 0) is 44.6 Å². The lowest BCUT2D eigenvalue weighted by Crippen LogP contribution is -2.49. The fraction of sp³-hybridized carbons (Fsp3) is 0.750. The molecular weight excluding hydrogens is 280 g/mol. The number of aliphatic hydroxyl groups excluding tert-OH is 1. The Hall–Kier alpha value is -1.56. The Labute approximate surface area is 132 Å². The van der Waals surface area contributed by atoms with E-state index in [1.165, 1.54) is 11.3 Å². The largest absolute Gasteiger partial charge is 0.391 e. The number of β-amino-alcohol motifs (C(OH)–C–C–N with tert-alkyl or cyclic N) is 1. The first-order chi connectivity index (χ1) is 10.4. The summed E-state index contributed by atoms with van der Waals surface area (Å²) >= 11 is 0. The van der Waals surface area contributed by atoms with Gasteiger partial charge in [0.1, 0.15) is 0 Å². The number of piperidine rings is 1. The van der Waals surface area contributed by atoms with Crippen molar-refractivity contribution in [3.05, 3.63) is 17.0 Å². The van der Waals surface area contributed by atoms with E-state index in [-0.39, 0.29) is 11.9 Å². The van der Waals surface area contributed by atoms with E-state index in [4.69, 9.17) is 0 Å². The van der Waals surface area contributed by atoms with Crippen LogP contribution in [0, 0.1) is 19.8 Å². The van der Waals surface area contributed by atoms with Crippen LogP contribution in [0.5, 0.6) is 0 Å². The first-order valence-corrected chi connectivity index (χ1v) is 8.10. The van der Waals surface area contributed by atoms with Gasteiger partial charge in [-0.15, -0.1) is 0 Å². The first-order valence-electron chi connectivity index (χ1n) is 8.10. The maximum absolute atomic E-state index is 12.1. The molecule has 1 fully saturated rings. The monoisotopic (exact) mass is 308 g/mol. The Morgan fingerprint density at radius 1 is 1.45 bits per heavy atom. The molecule has 2 rings (SSSR count). The number of aromatic nitrogens is 2. The number of rotatable bonds is 4. The van der Waals surface area contributed by atoms with Crippen LogP contribution in [0.25, 0.3) is 0 Å². The number of urea groups is 1. The van der Waals surface area contributed by atoms with Crippen LogP contribution in [-0.2, 0) is 13.5 Å². The van der Waals surface area contributed by atoms with Crippen molar-refractivity contribution in [2.45, 2.75) is 46.1 Å². The molecule has 1 aliphatic heterocycles. The van der Waals surface area contributed by atoms with E-state index in [1.54, 1.807) is 4.90 Å². The molecule has 1 aromatic rings. The number of likely N-dealkylation sites (tertiary alicyclic amines) is 1. The quantitative estimate of drug-likeness (QED) is 0.826. The van der Waals surface area contributed by atoms with Crippen LogP contribution in [-0.4, -0.2) is 51.6 Å². The van der Waals surface area contributed by atoms with E-state index in [1.807, 2.05) is 25.6 Å². The fourth-order valence-electron chi connectivity index (χ4n) is 2.98. The molecule has 2 atom stereocenters. The highest BCUT2D eigenvalue weighted by Crippen LogP contribution is 2.17. The summed E-state index contributed by atoms with van der Waals surface area (Å²) in [7, 11) is 1.95. The first kappa shape index (κ1) is 16.8. The Bertz CT molecular complexity index is 526. The van der Waals surface area contributed by atoms with Gasteiger partial charge in [0.05, 0.1) is 11.8 Å². The van der Waals surface area contributed by atoms with E-state index in [2.05, 4.69) is 17.3 Å². The summed E-state index contributed by atoms with van der Waals surface area (Å²) in [6, 6.07) is -0.0643. The third kappa shape index (κ3) is 3.80. The molecule has 2 unspecified atom stereocenters. The van der Waals surface area contributed by atoms with Gasteiger partial charge < -0.3 is 15.3 Å². The topological polar surface area (TPSA) is 70.4 Å². The van der Waals surface area contributed by atoms with Gasteiger partial charge in [0.25, 0.3) is 0 Å². The molecule has 124 valence electrons. The van der Waals surface area contributed by atoms with Crippen LogP contribution >= 0.6 is 0 Å². The van der Waals surface area contributed by atoms with Gasteiger partial charge in [-0.2, -0.15) is 5.10 Å². The molecule has 1 saturated heterocycles. The molecule has 22 heavy (non-hydrogen) atoms. The number of carbonyl (C=O) groups is 1. The molecule has 0 aromatic carbocycles. The van der Waals surface area contributed by atoms with Crippen molar-refractivity contribution in [1.29, 1.82) is 0 Å². The Morgan fingerprint density at radius 2 is 2.18 bits per heavy atom. The molecule has 1 aliphatic rings. The second-order valence-electron chi connectivity index (χ2n) is 6.39. The number of hydrogen-bond donors (Lipinski definition) is 2. The summed E-state index contributed by atoms with van der Waals surface area (Å²) in [5.74, 6) is 0.278. The smallest absolute Gasteiger partial charge is 0.317 e. The standard InChI is InChI=1S/C16H28N4O2/c1-11-7-9-20(10-15(11)21)16(22)17-8-5-6-14-12(2)18-19(4)13(14)3/h11,15,21H,5-10H2,1-4H3,(H,17,22). The molecule has 2 amide bonds. The summed E-state index contributed by atoms with van der Waals surface area (Å²) in [6.45, 7) is 7.94. The second-order valence-corrected chi connectivity index (χ2v) is 6.39. The zero-order valence-corrected chi connectivity index (χ0v) is 14.1. The molecule has 0 saturated carbocycles. The molecule has 6 heteroatoms. The predicted octanol–water partition coefficient (Wildman–Crippen LogP) is 1.38. The highest BCUT2D eigenvalue weighted by molar-refractivity contribution is 5.74. The lowest BCUT2D eigenvalue weighted by atomic mass is 9.96. The van der Waals surface area contributed by atoms with Crippen LogP contribution in [0.2, 0.25) is 0 Å². The average Bonchev–Trinajstić information content (AvgIpc) is 2.72. The zero-order chi connectivity index (χ0) is 16.3. The maximum Gasteiger partial charge on any atom is 0.317 e. The Morgan fingerprint density at radius 3 is 2.77 bits per heavy atom. The van der Waals surface area contributed by atoms with Gasteiger partial charge in [-0.1, -0.05) is 6.92 Å². The van der Waals surface area contributed by atoms with Crippen molar-refractivity contribution in [2.24, 2.45) is 13.0 Å². The summed E-state index contributed by atoms with van der Waals surface area (Å²) < 4.78 is 1.90. The van der Waals surface area contributed by atoms with Crippen molar-refractivity contribution < 1.29 is 9.90 Å². The van der Waals surface area contributed by atoms with Gasteiger partial charge in [0.2, 0.25) is 0 Å². The molecule has 0 aliphatic carbocycles. The van der Waals surface area contributed by atoms with E-state index in [0.717, 1.165) is 31.5 Å². The number of hydrogen-bond acceptors (Lipinski definition) is 3. The third-order valence-corrected chi connectivity index (χ3v) is 4.74. The van der Waals surface area contributed by atoms with Crippen molar-refractivity contribution in [3.63, 3.8) is 0 Å². The normalized spacial score (nSPS) is 22.0. The lowest BCUT2D eigenvalue weighted by Gasteiger charge is -2.34. The van der Waals surface area contributed by atoms with Gasteiger partial charge in [0.15, 0.2) is 0 Å². The van der Waals surface area contributed by atoms with Crippen molar-refractivity contribution in [3.8, 4) is 0 Å². The van der Waals surface area contributed by atoms with E-state index < -0.39 is 6.10 Å². The predicted molar refractivity (Wildman–Crippen MR) is 85.8 cm³/mol. The van der Waals surface area contributed by atoms with Crippen molar-refractivity contribution in [2.75, 3.05) is 19.6 Å². The van der Waals surface area contributed by atoms with Crippen molar-refractivity contribution >= 4 is 6.03 Å². The summed E-state index contributed by atoms with van der Waals surface area (Å²) in [5.41, 5.74) is 3.54. The molecule has 0 spiro atoms. The summed E-state index contributed by atoms with van der Waals surface area (Å²) in [4.78, 5) is 13.8. The highest BCUT2D eigenvalue weighted by atomic mass is 16.3. The zero-order valence-electron chi connectivity index (χ0n) is 14.1. The number of amides is 2. The molecular formula is C16H28N4O2. The highest BCUT2D eigenvalue weighted by Gasteiger charge is 2.26. The van der Waals surface area contributed by atoms with Crippen molar-refractivity contribution in [1.82, 2.24) is 20.0 Å². The minimum atomic E-state index is -0.403. The third-order valence-electron chi connectivity index (χ3n) is 4.74. The molecule has 2 heterocycles. The Kier molecular flexibility index (Phi) is 5.45. The summed E-state index contributed by atoms with van der Waals surface area (Å²) in [6.07, 6.45) is 2.28. The van der Waals surface area contributed by atoms with E-state index in [9.17, 15) is 9.90 Å². The van der Waals surface area contributed by atoms with Crippen LogP contribution in [0.1, 0.15) is 36.7 Å². The minimum absolute atomic E-state index is 0.0643. The van der Waals surface area contributed by atoms with E-state index >= 15 is 0 Å². The molecule has 0 bridgehead atoms. The Balaban J connectivity index is 1.73. The lowest BCUT2D eigenvalue weighted by molar-refractivity contribution is 0.0436. The number of carbonyl (C=O) groups excluding carboxylic acids is 1. The van der Waals surface area contributed by atoms with Gasteiger partial charge >= 0.3 is 6.03 Å². The van der Waals surface area contributed by atoms with Gasteiger partial charge in [0, 0.05) is 32.4 Å². The van der Waals surface area contributed by atoms with Crippen LogP contribution < -0.4 is 5.32 Å². The van der Waals surface area contributed by atoms with E-state index in [0.29, 0.717) is 13.1 Å². The number of nitrogens with zero attached hydrogens (tertiary/aromatic N) is 3. The SMILES string of the molecule is Cc1nn(C)c(C)c1CCCNC(=O)N1CCC(C)C(O)C1. The molecule has 2 N–H and O–H groups in total. The number of nitrogens with one attached hydrogen (secondary N) is 1. The van der Waals surface area contributed by atoms with Gasteiger partial charge in [-0.25, -0.2) is 4.79 Å². The average molecular weight is 308 g/mol. The number of aliphatic hydroxyl groups is 1. The second kappa shape index (κ2) is 7.13. The minimum Gasteiger partial charge on any atom is -0.391 e. The van der Waals surface area contributed by atoms with Gasteiger partial charge in [-0.3, -0.25) is 4.68 Å².